The molecule has 1 aliphatic carbocycles. The van der Waals surface area contributed by atoms with Crippen molar-refractivity contribution in [1.29, 1.82) is 0 Å². The predicted octanol–water partition coefficient (Wildman–Crippen LogP) is 2.81. The molecule has 0 unspecified atom stereocenters. The first-order chi connectivity index (χ1) is 10.8. The highest BCUT2D eigenvalue weighted by Crippen LogP contribution is 2.42. The molecule has 1 aromatic rings. The van der Waals surface area contributed by atoms with Gasteiger partial charge in [-0.2, -0.15) is 0 Å². The van der Waals surface area contributed by atoms with Gasteiger partial charge in [0.2, 0.25) is 0 Å². The Balaban J connectivity index is 2.03. The molecule has 1 N–H and O–H groups in total. The quantitative estimate of drug-likeness (QED) is 0.863. The van der Waals surface area contributed by atoms with E-state index in [0.717, 1.165) is 25.0 Å². The molecule has 6 heteroatoms. The minimum Gasteiger partial charge on any atom is -0.465 e. The van der Waals surface area contributed by atoms with E-state index in [1.807, 2.05) is 26.8 Å². The zero-order valence-electron chi connectivity index (χ0n) is 14.1. The summed E-state index contributed by atoms with van der Waals surface area (Å²) in [7, 11) is 1.34. The fourth-order valence-electron chi connectivity index (χ4n) is 2.63. The minimum atomic E-state index is -0.517. The summed E-state index contributed by atoms with van der Waals surface area (Å²) in [4.78, 5) is 27.7. The molecule has 0 atom stereocenters. The number of alkyl carbamates (subject to hydrolysis) is 1. The topological polar surface area (TPSA) is 77.5 Å². The highest BCUT2D eigenvalue weighted by Gasteiger charge is 2.40. The number of hydrogen-bond donors (Lipinski definition) is 1. The molecular weight excluding hydrogens is 296 g/mol. The number of hydrogen-bond acceptors (Lipinski definition) is 5. The van der Waals surface area contributed by atoms with Crippen molar-refractivity contribution in [2.75, 3.05) is 13.7 Å². The monoisotopic (exact) mass is 320 g/mol. The van der Waals surface area contributed by atoms with Crippen molar-refractivity contribution >= 4 is 12.1 Å². The molecule has 2 rings (SSSR count). The summed E-state index contributed by atoms with van der Waals surface area (Å²) in [5.41, 5.74) is 0.612. The van der Waals surface area contributed by atoms with E-state index in [9.17, 15) is 9.59 Å². The van der Waals surface area contributed by atoms with E-state index in [0.29, 0.717) is 12.1 Å². The van der Waals surface area contributed by atoms with Crippen molar-refractivity contribution in [2.45, 2.75) is 51.0 Å². The van der Waals surface area contributed by atoms with Gasteiger partial charge in [-0.15, -0.1) is 0 Å². The highest BCUT2D eigenvalue weighted by molar-refractivity contribution is 5.88. The lowest BCUT2D eigenvalue weighted by Gasteiger charge is -2.41. The van der Waals surface area contributed by atoms with Gasteiger partial charge in [0.1, 0.15) is 5.60 Å². The van der Waals surface area contributed by atoms with Crippen LogP contribution in [0.4, 0.5) is 4.79 Å². The molecule has 1 heterocycles. The van der Waals surface area contributed by atoms with Crippen LogP contribution < -0.4 is 5.32 Å². The van der Waals surface area contributed by atoms with E-state index in [1.165, 1.54) is 13.3 Å². The van der Waals surface area contributed by atoms with Gasteiger partial charge in [0, 0.05) is 23.9 Å². The van der Waals surface area contributed by atoms with Gasteiger partial charge in [-0.25, -0.2) is 9.59 Å². The van der Waals surface area contributed by atoms with E-state index < -0.39 is 17.7 Å². The molecule has 0 aromatic carbocycles. The first-order valence-electron chi connectivity index (χ1n) is 7.77. The molecule has 1 saturated carbocycles. The molecule has 0 bridgehead atoms. The van der Waals surface area contributed by atoms with Gasteiger partial charge in [-0.05, 0) is 45.7 Å². The maximum Gasteiger partial charge on any atom is 0.407 e. The van der Waals surface area contributed by atoms with Crippen molar-refractivity contribution in [1.82, 2.24) is 10.3 Å². The van der Waals surface area contributed by atoms with Crippen LogP contribution in [0.5, 0.6) is 0 Å². The zero-order chi connectivity index (χ0) is 17.1. The SMILES string of the molecule is COC(=O)c1ccc(C2(CNC(=O)OC(C)(C)C)CCC2)nc1. The second-order valence-corrected chi connectivity index (χ2v) is 6.91. The number of esters is 1. The number of rotatable bonds is 4. The standard InChI is InChI=1S/C17H24N2O4/c1-16(2,3)23-15(21)19-11-17(8-5-9-17)13-7-6-12(10-18-13)14(20)22-4/h6-7,10H,5,8-9,11H2,1-4H3,(H,19,21). The summed E-state index contributed by atoms with van der Waals surface area (Å²) in [6.45, 7) is 5.98. The van der Waals surface area contributed by atoms with Crippen molar-refractivity contribution in [2.24, 2.45) is 0 Å². The molecule has 0 aliphatic heterocycles. The van der Waals surface area contributed by atoms with E-state index in [-0.39, 0.29) is 5.41 Å². The molecule has 23 heavy (non-hydrogen) atoms. The number of nitrogens with one attached hydrogen (secondary N) is 1. The van der Waals surface area contributed by atoms with E-state index in [1.54, 1.807) is 6.07 Å². The van der Waals surface area contributed by atoms with E-state index >= 15 is 0 Å². The van der Waals surface area contributed by atoms with Crippen LogP contribution in [0.15, 0.2) is 18.3 Å². The number of carbonyl (C=O) groups excluding carboxylic acids is 2. The average Bonchev–Trinajstić information content (AvgIpc) is 2.44. The van der Waals surface area contributed by atoms with Gasteiger partial charge >= 0.3 is 12.1 Å². The Morgan fingerprint density at radius 1 is 1.30 bits per heavy atom. The van der Waals surface area contributed by atoms with Crippen LogP contribution >= 0.6 is 0 Å². The van der Waals surface area contributed by atoms with Crippen LogP contribution in [-0.2, 0) is 14.9 Å². The lowest BCUT2D eigenvalue weighted by molar-refractivity contribution is 0.0497. The third-order valence-electron chi connectivity index (χ3n) is 4.01. The van der Waals surface area contributed by atoms with Crippen molar-refractivity contribution < 1.29 is 19.1 Å². The molecular formula is C17H24N2O4. The third-order valence-corrected chi connectivity index (χ3v) is 4.01. The fraction of sp³-hybridized carbons (Fsp3) is 0.588. The van der Waals surface area contributed by atoms with Gasteiger partial charge in [0.05, 0.1) is 12.7 Å². The molecule has 1 fully saturated rings. The average molecular weight is 320 g/mol. The van der Waals surface area contributed by atoms with Gasteiger partial charge in [-0.1, -0.05) is 6.42 Å². The highest BCUT2D eigenvalue weighted by atomic mass is 16.6. The summed E-state index contributed by atoms with van der Waals surface area (Å²) in [5.74, 6) is -0.404. The molecule has 6 nitrogen and oxygen atoms in total. The number of pyridine rings is 1. The summed E-state index contributed by atoms with van der Waals surface area (Å²) in [5, 5.41) is 2.84. The summed E-state index contributed by atoms with van der Waals surface area (Å²) in [6, 6.07) is 3.55. The zero-order valence-corrected chi connectivity index (χ0v) is 14.1. The molecule has 126 valence electrons. The lowest BCUT2D eigenvalue weighted by Crippen LogP contribution is -2.47. The largest absolute Gasteiger partial charge is 0.465 e. The number of amides is 1. The van der Waals surface area contributed by atoms with Gasteiger partial charge in [0.15, 0.2) is 0 Å². The Morgan fingerprint density at radius 3 is 2.43 bits per heavy atom. The number of nitrogens with zero attached hydrogens (tertiary/aromatic N) is 1. The summed E-state index contributed by atoms with van der Waals surface area (Å²) in [6.07, 6.45) is 4.10. The number of carbonyl (C=O) groups is 2. The van der Waals surface area contributed by atoms with Gasteiger partial charge in [0.25, 0.3) is 0 Å². The normalized spacial score (nSPS) is 16.2. The van der Waals surface area contributed by atoms with Crippen LogP contribution in [0.3, 0.4) is 0 Å². The van der Waals surface area contributed by atoms with Crippen LogP contribution in [0.1, 0.15) is 56.1 Å². The van der Waals surface area contributed by atoms with Crippen LogP contribution in [0.2, 0.25) is 0 Å². The summed E-state index contributed by atoms with van der Waals surface area (Å²) >= 11 is 0. The molecule has 0 radical (unpaired) electrons. The Hall–Kier alpha value is -2.11. The Kier molecular flexibility index (Phi) is 4.92. The maximum absolute atomic E-state index is 11.8. The smallest absolute Gasteiger partial charge is 0.407 e. The molecule has 1 amide bonds. The first-order valence-corrected chi connectivity index (χ1v) is 7.77. The second kappa shape index (κ2) is 6.56. The van der Waals surface area contributed by atoms with E-state index in [2.05, 4.69) is 15.0 Å². The summed E-state index contributed by atoms with van der Waals surface area (Å²) < 4.78 is 9.95. The third kappa shape index (κ3) is 4.21. The molecule has 1 aliphatic rings. The number of ether oxygens (including phenoxy) is 2. The van der Waals surface area contributed by atoms with Crippen LogP contribution in [0.25, 0.3) is 0 Å². The number of aromatic nitrogens is 1. The molecule has 0 saturated heterocycles. The van der Waals surface area contributed by atoms with Crippen molar-refractivity contribution in [3.05, 3.63) is 29.6 Å². The second-order valence-electron chi connectivity index (χ2n) is 6.91. The number of methoxy groups -OCH3 is 1. The molecule has 1 aromatic heterocycles. The fourth-order valence-corrected chi connectivity index (χ4v) is 2.63. The Bertz CT molecular complexity index is 571. The van der Waals surface area contributed by atoms with Gasteiger partial charge < -0.3 is 14.8 Å². The van der Waals surface area contributed by atoms with Crippen molar-refractivity contribution in [3.63, 3.8) is 0 Å². The Labute approximate surface area is 136 Å². The lowest BCUT2D eigenvalue weighted by atomic mass is 9.66. The Morgan fingerprint density at radius 2 is 2.00 bits per heavy atom. The van der Waals surface area contributed by atoms with Crippen LogP contribution in [0, 0.1) is 0 Å². The first kappa shape index (κ1) is 17.2. The van der Waals surface area contributed by atoms with Crippen molar-refractivity contribution in [3.8, 4) is 0 Å². The van der Waals surface area contributed by atoms with Crippen LogP contribution in [-0.4, -0.2) is 36.3 Å². The predicted molar refractivity (Wildman–Crippen MR) is 85.3 cm³/mol. The van der Waals surface area contributed by atoms with E-state index in [4.69, 9.17) is 4.74 Å². The minimum absolute atomic E-state index is 0.175. The molecule has 0 spiro atoms. The maximum atomic E-state index is 11.8. The van der Waals surface area contributed by atoms with Gasteiger partial charge in [-0.3, -0.25) is 4.98 Å².